The highest BCUT2D eigenvalue weighted by atomic mass is 16.3. The molecule has 18 heavy (non-hydrogen) atoms. The van der Waals surface area contributed by atoms with Crippen LogP contribution in [0.25, 0.3) is 0 Å². The number of benzene rings is 1. The molecule has 1 atom stereocenters. The molecule has 0 saturated carbocycles. The number of nitrogens with zero attached hydrogens (tertiary/aromatic N) is 1. The van der Waals surface area contributed by atoms with Crippen LogP contribution in [-0.2, 0) is 6.54 Å². The topological polar surface area (TPSA) is 35.5 Å². The van der Waals surface area contributed by atoms with Gasteiger partial charge in [0, 0.05) is 31.9 Å². The van der Waals surface area contributed by atoms with Crippen LogP contribution in [0.4, 0.5) is 5.69 Å². The molecule has 3 heteroatoms. The lowest BCUT2D eigenvalue weighted by atomic mass is 10.1. The average molecular weight is 248 g/mol. The van der Waals surface area contributed by atoms with Crippen molar-refractivity contribution in [1.82, 2.24) is 5.32 Å². The molecule has 0 bridgehead atoms. The Hall–Kier alpha value is -1.06. The van der Waals surface area contributed by atoms with Gasteiger partial charge < -0.3 is 15.3 Å². The summed E-state index contributed by atoms with van der Waals surface area (Å²) in [4.78, 5) is 2.46. The van der Waals surface area contributed by atoms with Crippen molar-refractivity contribution in [2.75, 3.05) is 31.6 Å². The van der Waals surface area contributed by atoms with Crippen molar-refractivity contribution >= 4 is 5.69 Å². The highest BCUT2D eigenvalue weighted by molar-refractivity contribution is 5.55. The van der Waals surface area contributed by atoms with Crippen LogP contribution < -0.4 is 10.2 Å². The van der Waals surface area contributed by atoms with Crippen molar-refractivity contribution in [1.29, 1.82) is 0 Å². The Balaban J connectivity index is 2.13. The lowest BCUT2D eigenvalue weighted by molar-refractivity contribution is 0.263. The average Bonchev–Trinajstić information content (AvgIpc) is 2.79. The second-order valence-corrected chi connectivity index (χ2v) is 5.28. The van der Waals surface area contributed by atoms with Crippen LogP contribution in [0.1, 0.15) is 24.0 Å². The first kappa shape index (κ1) is 13.4. The van der Waals surface area contributed by atoms with Crippen molar-refractivity contribution in [3.05, 3.63) is 29.3 Å². The molecule has 0 radical (unpaired) electrons. The number of aryl methyl sites for hydroxylation is 1. The molecule has 0 amide bonds. The SMILES string of the molecule is CNCc1cc(C)ccc1N1CCC(CCO)C1. The van der Waals surface area contributed by atoms with Gasteiger partial charge in [-0.05, 0) is 44.4 Å². The Bertz CT molecular complexity index is 392. The highest BCUT2D eigenvalue weighted by Gasteiger charge is 2.23. The Morgan fingerprint density at radius 1 is 1.44 bits per heavy atom. The summed E-state index contributed by atoms with van der Waals surface area (Å²) in [7, 11) is 1.99. The fraction of sp³-hybridized carbons (Fsp3) is 0.600. The Kier molecular flexibility index (Phi) is 4.61. The molecule has 1 fully saturated rings. The molecular weight excluding hydrogens is 224 g/mol. The number of hydrogen-bond donors (Lipinski definition) is 2. The Morgan fingerprint density at radius 2 is 2.28 bits per heavy atom. The molecule has 1 aliphatic heterocycles. The largest absolute Gasteiger partial charge is 0.396 e. The zero-order valence-electron chi connectivity index (χ0n) is 11.4. The summed E-state index contributed by atoms with van der Waals surface area (Å²) in [5.41, 5.74) is 4.05. The van der Waals surface area contributed by atoms with E-state index in [1.807, 2.05) is 7.05 Å². The van der Waals surface area contributed by atoms with Crippen molar-refractivity contribution in [2.45, 2.75) is 26.3 Å². The fourth-order valence-corrected chi connectivity index (χ4v) is 2.82. The third-order valence-corrected chi connectivity index (χ3v) is 3.77. The molecule has 1 heterocycles. The highest BCUT2D eigenvalue weighted by Crippen LogP contribution is 2.29. The third kappa shape index (κ3) is 3.03. The molecule has 1 unspecified atom stereocenters. The molecule has 2 rings (SSSR count). The van der Waals surface area contributed by atoms with Gasteiger partial charge in [0.05, 0.1) is 0 Å². The summed E-state index contributed by atoms with van der Waals surface area (Å²) in [5, 5.41) is 12.3. The molecule has 1 aromatic carbocycles. The molecule has 1 saturated heterocycles. The molecule has 1 aromatic rings. The molecule has 0 aromatic heterocycles. The maximum atomic E-state index is 9.03. The predicted molar refractivity (Wildman–Crippen MR) is 76.0 cm³/mol. The molecule has 0 aliphatic carbocycles. The van der Waals surface area contributed by atoms with E-state index < -0.39 is 0 Å². The Labute approximate surface area is 110 Å². The van der Waals surface area contributed by atoms with Gasteiger partial charge in [-0.1, -0.05) is 17.7 Å². The number of anilines is 1. The van der Waals surface area contributed by atoms with E-state index >= 15 is 0 Å². The first-order chi connectivity index (χ1) is 8.74. The number of hydrogen-bond acceptors (Lipinski definition) is 3. The van der Waals surface area contributed by atoms with E-state index in [0.29, 0.717) is 12.5 Å². The van der Waals surface area contributed by atoms with Gasteiger partial charge in [-0.2, -0.15) is 0 Å². The van der Waals surface area contributed by atoms with Gasteiger partial charge in [-0.25, -0.2) is 0 Å². The van der Waals surface area contributed by atoms with E-state index in [1.165, 1.54) is 23.2 Å². The quantitative estimate of drug-likeness (QED) is 0.835. The maximum Gasteiger partial charge on any atom is 0.0434 e. The van der Waals surface area contributed by atoms with Gasteiger partial charge in [0.15, 0.2) is 0 Å². The minimum absolute atomic E-state index is 0.315. The molecule has 1 aliphatic rings. The second kappa shape index (κ2) is 6.21. The van der Waals surface area contributed by atoms with Crippen LogP contribution in [0.5, 0.6) is 0 Å². The van der Waals surface area contributed by atoms with Gasteiger partial charge >= 0.3 is 0 Å². The summed E-state index contributed by atoms with van der Waals surface area (Å²) in [6, 6.07) is 6.70. The second-order valence-electron chi connectivity index (χ2n) is 5.28. The number of aliphatic hydroxyl groups is 1. The summed E-state index contributed by atoms with van der Waals surface area (Å²) in [5.74, 6) is 0.652. The van der Waals surface area contributed by atoms with Crippen LogP contribution in [-0.4, -0.2) is 31.9 Å². The Morgan fingerprint density at radius 3 is 3.00 bits per heavy atom. The van der Waals surface area contributed by atoms with Gasteiger partial charge in [-0.15, -0.1) is 0 Å². The third-order valence-electron chi connectivity index (χ3n) is 3.77. The first-order valence-electron chi connectivity index (χ1n) is 6.84. The molecule has 2 N–H and O–H groups in total. The van der Waals surface area contributed by atoms with Crippen LogP contribution in [0.3, 0.4) is 0 Å². The van der Waals surface area contributed by atoms with Gasteiger partial charge in [0.25, 0.3) is 0 Å². The normalized spacial score (nSPS) is 19.5. The van der Waals surface area contributed by atoms with E-state index in [4.69, 9.17) is 5.11 Å². The minimum atomic E-state index is 0.315. The van der Waals surface area contributed by atoms with E-state index in [2.05, 4.69) is 35.3 Å². The van der Waals surface area contributed by atoms with E-state index in [1.54, 1.807) is 0 Å². The monoisotopic (exact) mass is 248 g/mol. The van der Waals surface area contributed by atoms with Crippen LogP contribution in [0, 0.1) is 12.8 Å². The first-order valence-corrected chi connectivity index (χ1v) is 6.84. The predicted octanol–water partition coefficient (Wildman–Crippen LogP) is 1.92. The number of aliphatic hydroxyl groups excluding tert-OH is 1. The smallest absolute Gasteiger partial charge is 0.0434 e. The van der Waals surface area contributed by atoms with Crippen molar-refractivity contribution < 1.29 is 5.11 Å². The summed E-state index contributed by atoms with van der Waals surface area (Å²) < 4.78 is 0. The van der Waals surface area contributed by atoms with Gasteiger partial charge in [0.2, 0.25) is 0 Å². The molecular formula is C15H24N2O. The van der Waals surface area contributed by atoms with Crippen LogP contribution in [0.2, 0.25) is 0 Å². The summed E-state index contributed by atoms with van der Waals surface area (Å²) in [6.45, 7) is 5.57. The van der Waals surface area contributed by atoms with Gasteiger partial charge in [0.1, 0.15) is 0 Å². The molecule has 3 nitrogen and oxygen atoms in total. The summed E-state index contributed by atoms with van der Waals surface area (Å²) >= 11 is 0. The van der Waals surface area contributed by atoms with Crippen LogP contribution >= 0.6 is 0 Å². The van der Waals surface area contributed by atoms with Crippen molar-refractivity contribution in [3.63, 3.8) is 0 Å². The van der Waals surface area contributed by atoms with E-state index in [-0.39, 0.29) is 0 Å². The number of nitrogens with one attached hydrogen (secondary N) is 1. The lowest BCUT2D eigenvalue weighted by Crippen LogP contribution is -2.22. The van der Waals surface area contributed by atoms with Crippen molar-refractivity contribution in [3.8, 4) is 0 Å². The zero-order chi connectivity index (χ0) is 13.0. The standard InChI is InChI=1S/C15H24N2O/c1-12-3-4-15(14(9-12)10-16-2)17-7-5-13(11-17)6-8-18/h3-4,9,13,16,18H,5-8,10-11H2,1-2H3. The van der Waals surface area contributed by atoms with Crippen molar-refractivity contribution in [2.24, 2.45) is 5.92 Å². The van der Waals surface area contributed by atoms with Crippen LogP contribution in [0.15, 0.2) is 18.2 Å². The lowest BCUT2D eigenvalue weighted by Gasteiger charge is -2.22. The minimum Gasteiger partial charge on any atom is -0.396 e. The summed E-state index contributed by atoms with van der Waals surface area (Å²) in [6.07, 6.45) is 2.14. The number of rotatable bonds is 5. The maximum absolute atomic E-state index is 9.03. The van der Waals surface area contributed by atoms with E-state index in [0.717, 1.165) is 26.1 Å². The van der Waals surface area contributed by atoms with E-state index in [9.17, 15) is 0 Å². The zero-order valence-corrected chi connectivity index (χ0v) is 11.4. The fourth-order valence-electron chi connectivity index (χ4n) is 2.82. The van der Waals surface area contributed by atoms with Gasteiger partial charge in [-0.3, -0.25) is 0 Å². The molecule has 100 valence electrons. The molecule has 0 spiro atoms.